The van der Waals surface area contributed by atoms with Crippen molar-refractivity contribution in [2.75, 3.05) is 6.61 Å². The molecule has 0 unspecified atom stereocenters. The molecule has 0 atom stereocenters. The first-order chi connectivity index (χ1) is 9.46. The molecule has 1 aromatic carbocycles. The van der Waals surface area contributed by atoms with Gasteiger partial charge in [-0.2, -0.15) is 0 Å². The van der Waals surface area contributed by atoms with Gasteiger partial charge in [-0.1, -0.05) is 30.3 Å². The normalized spacial score (nSPS) is 12.0. The fourth-order valence-electron chi connectivity index (χ4n) is 2.06. The van der Waals surface area contributed by atoms with Crippen LogP contribution in [0.1, 0.15) is 19.4 Å². The van der Waals surface area contributed by atoms with E-state index in [1.54, 1.807) is 26.2 Å². The van der Waals surface area contributed by atoms with E-state index in [0.717, 1.165) is 16.7 Å². The van der Waals surface area contributed by atoms with Gasteiger partial charge in [0.2, 0.25) is 10.0 Å². The highest BCUT2D eigenvalue weighted by Gasteiger charge is 2.20. The molecule has 0 radical (unpaired) electrons. The van der Waals surface area contributed by atoms with Gasteiger partial charge < -0.3 is 5.11 Å². The predicted octanol–water partition coefficient (Wildman–Crippen LogP) is 2.28. The lowest BCUT2D eigenvalue weighted by molar-refractivity contribution is 0.300. The van der Waals surface area contributed by atoms with Crippen LogP contribution in [0.2, 0.25) is 0 Å². The average Bonchev–Trinajstić information content (AvgIpc) is 2.85. The number of hydrogen-bond acceptors (Lipinski definition) is 3. The van der Waals surface area contributed by atoms with Crippen molar-refractivity contribution in [2.24, 2.45) is 0 Å². The molecule has 0 aliphatic carbocycles. The first-order valence-corrected chi connectivity index (χ1v) is 8.08. The van der Waals surface area contributed by atoms with Crippen LogP contribution in [-0.2, 0) is 16.4 Å². The van der Waals surface area contributed by atoms with E-state index in [1.807, 2.05) is 30.3 Å². The smallest absolute Gasteiger partial charge is 0.240 e. The molecular formula is C15H19NO3S. The molecule has 0 saturated carbocycles. The lowest BCUT2D eigenvalue weighted by Crippen LogP contribution is -2.20. The Balaban J connectivity index is 2.55. The van der Waals surface area contributed by atoms with E-state index in [-0.39, 0.29) is 6.61 Å². The quantitative estimate of drug-likeness (QED) is 0.920. The summed E-state index contributed by atoms with van der Waals surface area (Å²) in [4.78, 5) is 0. The molecule has 108 valence electrons. The maximum atomic E-state index is 12.2. The molecule has 1 aromatic heterocycles. The summed E-state index contributed by atoms with van der Waals surface area (Å²) in [7, 11) is -3.37. The molecule has 0 spiro atoms. The molecule has 1 N–H and O–H groups in total. The number of hydrogen-bond donors (Lipinski definition) is 1. The minimum absolute atomic E-state index is 0.00836. The predicted molar refractivity (Wildman–Crippen MR) is 80.1 cm³/mol. The highest BCUT2D eigenvalue weighted by Crippen LogP contribution is 2.26. The molecule has 0 bridgehead atoms. The molecule has 2 rings (SSSR count). The van der Waals surface area contributed by atoms with E-state index in [1.165, 1.54) is 3.97 Å². The topological polar surface area (TPSA) is 59.3 Å². The van der Waals surface area contributed by atoms with Crippen LogP contribution in [0, 0.1) is 0 Å². The zero-order valence-electron chi connectivity index (χ0n) is 11.7. The van der Waals surface area contributed by atoms with Crippen molar-refractivity contribution < 1.29 is 13.5 Å². The molecular weight excluding hydrogens is 274 g/mol. The maximum Gasteiger partial charge on any atom is 0.240 e. The molecule has 0 saturated heterocycles. The number of nitrogens with zero attached hydrogens (tertiary/aromatic N) is 1. The van der Waals surface area contributed by atoms with Gasteiger partial charge in [-0.15, -0.1) is 0 Å². The van der Waals surface area contributed by atoms with E-state index in [2.05, 4.69) is 0 Å². The summed E-state index contributed by atoms with van der Waals surface area (Å²) in [5.41, 5.74) is 2.64. The second-order valence-corrected chi connectivity index (χ2v) is 7.35. The third kappa shape index (κ3) is 2.78. The van der Waals surface area contributed by atoms with Crippen LogP contribution in [0.15, 0.2) is 42.7 Å². The number of aliphatic hydroxyl groups is 1. The Bertz CT molecular complexity index is 672. The molecule has 5 heteroatoms. The van der Waals surface area contributed by atoms with E-state index in [0.29, 0.717) is 6.42 Å². The van der Waals surface area contributed by atoms with Crippen molar-refractivity contribution >= 4 is 10.0 Å². The standard InChI is InChI=1S/C15H19NO3S/c1-12(2)20(18,19)16-10-14(8-9-17)15(11-16)13-6-4-3-5-7-13/h3-7,10-12,17H,8-9H2,1-2H3. The summed E-state index contributed by atoms with van der Waals surface area (Å²) < 4.78 is 25.7. The Morgan fingerprint density at radius 2 is 1.80 bits per heavy atom. The van der Waals surface area contributed by atoms with Crippen molar-refractivity contribution in [3.05, 3.63) is 48.3 Å². The molecule has 20 heavy (non-hydrogen) atoms. The molecule has 2 aromatic rings. The highest BCUT2D eigenvalue weighted by atomic mass is 32.2. The Morgan fingerprint density at radius 1 is 1.15 bits per heavy atom. The van der Waals surface area contributed by atoms with Crippen LogP contribution >= 0.6 is 0 Å². The SMILES string of the molecule is CC(C)S(=O)(=O)n1cc(CCO)c(-c2ccccc2)c1. The zero-order chi connectivity index (χ0) is 14.8. The van der Waals surface area contributed by atoms with Gasteiger partial charge in [0.05, 0.1) is 5.25 Å². The summed E-state index contributed by atoms with van der Waals surface area (Å²) in [6.07, 6.45) is 3.67. The summed E-state index contributed by atoms with van der Waals surface area (Å²) in [6, 6.07) is 9.60. The maximum absolute atomic E-state index is 12.2. The Labute approximate surface area is 119 Å². The Hall–Kier alpha value is -1.59. The van der Waals surface area contributed by atoms with Crippen LogP contribution in [0.4, 0.5) is 0 Å². The fourth-order valence-corrected chi connectivity index (χ4v) is 3.07. The third-order valence-corrected chi connectivity index (χ3v) is 5.23. The summed E-state index contributed by atoms with van der Waals surface area (Å²) in [6.45, 7) is 3.30. The summed E-state index contributed by atoms with van der Waals surface area (Å²) in [5, 5.41) is 8.67. The minimum atomic E-state index is -3.37. The van der Waals surface area contributed by atoms with Gasteiger partial charge in [0.15, 0.2) is 0 Å². The average molecular weight is 293 g/mol. The van der Waals surface area contributed by atoms with E-state index < -0.39 is 15.3 Å². The Kier molecular flexibility index (Phi) is 4.30. The van der Waals surface area contributed by atoms with Crippen molar-refractivity contribution in [1.82, 2.24) is 3.97 Å². The van der Waals surface area contributed by atoms with Gasteiger partial charge in [-0.25, -0.2) is 8.42 Å². The molecule has 0 aliphatic rings. The molecule has 1 heterocycles. The van der Waals surface area contributed by atoms with E-state index in [9.17, 15) is 8.42 Å². The lowest BCUT2D eigenvalue weighted by atomic mass is 10.0. The van der Waals surface area contributed by atoms with Gasteiger partial charge in [0.25, 0.3) is 0 Å². The monoisotopic (exact) mass is 293 g/mol. The van der Waals surface area contributed by atoms with Crippen molar-refractivity contribution in [3.8, 4) is 11.1 Å². The first-order valence-electron chi connectivity index (χ1n) is 6.58. The molecule has 4 nitrogen and oxygen atoms in total. The zero-order valence-corrected chi connectivity index (χ0v) is 12.5. The third-order valence-electron chi connectivity index (χ3n) is 3.24. The van der Waals surface area contributed by atoms with Crippen molar-refractivity contribution in [3.63, 3.8) is 0 Å². The van der Waals surface area contributed by atoms with Crippen LogP contribution in [0.25, 0.3) is 11.1 Å². The molecule has 0 amide bonds. The molecule has 0 aliphatic heterocycles. The van der Waals surface area contributed by atoms with Crippen LogP contribution in [-0.4, -0.2) is 29.4 Å². The van der Waals surface area contributed by atoms with E-state index >= 15 is 0 Å². The largest absolute Gasteiger partial charge is 0.396 e. The van der Waals surface area contributed by atoms with Gasteiger partial charge in [0.1, 0.15) is 0 Å². The minimum Gasteiger partial charge on any atom is -0.396 e. The second-order valence-electron chi connectivity index (χ2n) is 4.96. The van der Waals surface area contributed by atoms with Gasteiger partial charge in [0, 0.05) is 24.6 Å². The van der Waals surface area contributed by atoms with E-state index in [4.69, 9.17) is 5.11 Å². The number of aliphatic hydroxyl groups excluding tert-OH is 1. The fraction of sp³-hybridized carbons (Fsp3) is 0.333. The summed E-state index contributed by atoms with van der Waals surface area (Å²) in [5.74, 6) is 0. The second kappa shape index (κ2) is 5.81. The van der Waals surface area contributed by atoms with Crippen molar-refractivity contribution in [1.29, 1.82) is 0 Å². The molecule has 0 fully saturated rings. The van der Waals surface area contributed by atoms with Gasteiger partial charge >= 0.3 is 0 Å². The highest BCUT2D eigenvalue weighted by molar-refractivity contribution is 7.90. The van der Waals surface area contributed by atoms with Crippen molar-refractivity contribution in [2.45, 2.75) is 25.5 Å². The van der Waals surface area contributed by atoms with Crippen LogP contribution in [0.3, 0.4) is 0 Å². The number of rotatable bonds is 5. The first kappa shape index (κ1) is 14.8. The number of aromatic nitrogens is 1. The van der Waals surface area contributed by atoms with Crippen LogP contribution in [0.5, 0.6) is 0 Å². The van der Waals surface area contributed by atoms with Crippen LogP contribution < -0.4 is 0 Å². The summed E-state index contributed by atoms with van der Waals surface area (Å²) >= 11 is 0. The number of benzene rings is 1. The van der Waals surface area contributed by atoms with Gasteiger partial charge in [-0.3, -0.25) is 3.97 Å². The lowest BCUT2D eigenvalue weighted by Gasteiger charge is -2.08. The van der Waals surface area contributed by atoms with Gasteiger partial charge in [-0.05, 0) is 31.4 Å². The Morgan fingerprint density at radius 3 is 2.35 bits per heavy atom.